The van der Waals surface area contributed by atoms with Gasteiger partial charge in [0.05, 0.1) is 12.1 Å². The van der Waals surface area contributed by atoms with Gasteiger partial charge in [-0.3, -0.25) is 9.36 Å². The van der Waals surface area contributed by atoms with E-state index in [1.54, 1.807) is 4.57 Å². The van der Waals surface area contributed by atoms with Crippen molar-refractivity contribution in [3.63, 3.8) is 0 Å². The molecular weight excluding hydrogens is 256 g/mol. The minimum Gasteiger partial charge on any atom is -0.481 e. The summed E-state index contributed by atoms with van der Waals surface area (Å²) in [5, 5.41) is 9.10. The summed E-state index contributed by atoms with van der Waals surface area (Å²) in [5.74, 6) is -0.242. The Labute approximate surface area is 118 Å². The molecule has 1 fully saturated rings. The Hall–Kier alpha value is -1.65. The average Bonchev–Trinajstić information content (AvgIpc) is 2.36. The first kappa shape index (κ1) is 14.8. The van der Waals surface area contributed by atoms with Crippen molar-refractivity contribution in [1.29, 1.82) is 0 Å². The van der Waals surface area contributed by atoms with Crippen LogP contribution >= 0.6 is 0 Å². The number of nitrogens with zero attached hydrogens (tertiary/aromatic N) is 2. The predicted octanol–water partition coefficient (Wildman–Crippen LogP) is 1.97. The van der Waals surface area contributed by atoms with Gasteiger partial charge in [-0.15, -0.1) is 0 Å². The zero-order chi connectivity index (χ0) is 14.9. The summed E-state index contributed by atoms with van der Waals surface area (Å²) in [7, 11) is 0. The Bertz CT molecular complexity index is 571. The lowest BCUT2D eigenvalue weighted by molar-refractivity contribution is -0.136. The van der Waals surface area contributed by atoms with Gasteiger partial charge in [-0.1, -0.05) is 20.8 Å². The minimum absolute atomic E-state index is 0.0537. The highest BCUT2D eigenvalue weighted by atomic mass is 16.4. The minimum atomic E-state index is -0.872. The quantitative estimate of drug-likeness (QED) is 0.893. The van der Waals surface area contributed by atoms with Gasteiger partial charge in [0.25, 0.3) is 0 Å². The fourth-order valence-electron chi connectivity index (χ4n) is 3.14. The maximum atomic E-state index is 12.3. The van der Waals surface area contributed by atoms with Gasteiger partial charge < -0.3 is 5.11 Å². The maximum absolute atomic E-state index is 12.3. The van der Waals surface area contributed by atoms with Crippen LogP contribution in [0.5, 0.6) is 0 Å². The highest BCUT2D eigenvalue weighted by Gasteiger charge is 2.30. The molecule has 0 radical (unpaired) electrons. The molecule has 0 aromatic carbocycles. The van der Waals surface area contributed by atoms with Crippen molar-refractivity contribution in [2.75, 3.05) is 0 Å². The van der Waals surface area contributed by atoms with Crippen molar-refractivity contribution in [1.82, 2.24) is 9.55 Å². The number of carboxylic acid groups (broad SMARTS) is 1. The average molecular weight is 278 g/mol. The van der Waals surface area contributed by atoms with Gasteiger partial charge in [0.1, 0.15) is 0 Å². The van der Waals surface area contributed by atoms with E-state index in [1.165, 1.54) is 0 Å². The molecule has 1 saturated carbocycles. The van der Waals surface area contributed by atoms with Crippen LogP contribution < -0.4 is 5.69 Å². The largest absolute Gasteiger partial charge is 0.481 e. The second-order valence-electron chi connectivity index (χ2n) is 5.64. The van der Waals surface area contributed by atoms with Gasteiger partial charge in [-0.05, 0) is 31.6 Å². The molecule has 1 heterocycles. The third-order valence-corrected chi connectivity index (χ3v) is 4.14. The lowest BCUT2D eigenvalue weighted by Crippen LogP contribution is -2.38. The van der Waals surface area contributed by atoms with Crippen molar-refractivity contribution in [2.24, 2.45) is 5.92 Å². The maximum Gasteiger partial charge on any atom is 0.348 e. The van der Waals surface area contributed by atoms with Crippen LogP contribution in [0.4, 0.5) is 0 Å². The number of aryl methyl sites for hydroxylation is 1. The number of carbonyl (C=O) groups is 1. The molecule has 110 valence electrons. The van der Waals surface area contributed by atoms with Crippen LogP contribution in [0, 0.1) is 5.92 Å². The summed E-state index contributed by atoms with van der Waals surface area (Å²) in [6, 6.07) is 0.193. The Kier molecular flexibility index (Phi) is 4.26. The second-order valence-corrected chi connectivity index (χ2v) is 5.64. The van der Waals surface area contributed by atoms with Crippen LogP contribution in [-0.2, 0) is 24.1 Å². The van der Waals surface area contributed by atoms with E-state index in [0.717, 1.165) is 24.1 Å². The van der Waals surface area contributed by atoms with Crippen LogP contribution in [0.15, 0.2) is 4.79 Å². The molecule has 1 aliphatic carbocycles. The van der Waals surface area contributed by atoms with E-state index in [2.05, 4.69) is 11.9 Å². The first-order valence-corrected chi connectivity index (χ1v) is 7.32. The number of carboxylic acids is 1. The first-order chi connectivity index (χ1) is 9.47. The number of hydrogen-bond acceptors (Lipinski definition) is 3. The molecule has 0 amide bonds. The first-order valence-electron chi connectivity index (χ1n) is 7.32. The summed E-state index contributed by atoms with van der Waals surface area (Å²) in [6.07, 6.45) is 3.16. The number of rotatable bonds is 5. The fourth-order valence-corrected chi connectivity index (χ4v) is 3.14. The molecule has 0 bridgehead atoms. The summed E-state index contributed by atoms with van der Waals surface area (Å²) in [5.41, 5.74) is 2.02. The molecule has 1 aromatic heterocycles. The number of aliphatic carboxylic acids is 1. The van der Waals surface area contributed by atoms with Gasteiger partial charge in [0.2, 0.25) is 0 Å². The van der Waals surface area contributed by atoms with Crippen LogP contribution in [0.1, 0.15) is 56.6 Å². The van der Waals surface area contributed by atoms with Gasteiger partial charge in [0, 0.05) is 17.3 Å². The predicted molar refractivity (Wildman–Crippen MR) is 76.0 cm³/mol. The van der Waals surface area contributed by atoms with Gasteiger partial charge in [-0.25, -0.2) is 4.79 Å². The Morgan fingerprint density at radius 2 is 2.00 bits per heavy atom. The zero-order valence-corrected chi connectivity index (χ0v) is 12.3. The Balaban J connectivity index is 2.56. The summed E-state index contributed by atoms with van der Waals surface area (Å²) in [4.78, 5) is 27.5. The van der Waals surface area contributed by atoms with Gasteiger partial charge >= 0.3 is 11.7 Å². The standard InChI is InChI=1S/C15H22N2O3/c1-4-12-11(8-14(18)19)13(5-2)17(15(20)16-12)10-6-9(3)7-10/h9-10H,4-8H2,1-3H3,(H,18,19). The molecule has 0 aliphatic heterocycles. The highest BCUT2D eigenvalue weighted by molar-refractivity contribution is 5.71. The normalized spacial score (nSPS) is 21.6. The molecule has 20 heavy (non-hydrogen) atoms. The topological polar surface area (TPSA) is 72.2 Å². The second kappa shape index (κ2) is 5.77. The third-order valence-electron chi connectivity index (χ3n) is 4.14. The van der Waals surface area contributed by atoms with Crippen molar-refractivity contribution in [2.45, 2.75) is 58.9 Å². The molecular formula is C15H22N2O3. The zero-order valence-electron chi connectivity index (χ0n) is 12.3. The van der Waals surface area contributed by atoms with E-state index < -0.39 is 5.97 Å². The highest BCUT2D eigenvalue weighted by Crippen LogP contribution is 2.37. The molecule has 2 rings (SSSR count). The van der Waals surface area contributed by atoms with Crippen molar-refractivity contribution >= 4 is 5.97 Å². The Morgan fingerprint density at radius 1 is 1.35 bits per heavy atom. The SMILES string of the molecule is CCc1nc(=O)n(C2CC(C)C2)c(CC)c1CC(=O)O. The summed E-state index contributed by atoms with van der Waals surface area (Å²) < 4.78 is 1.75. The van der Waals surface area contributed by atoms with Crippen molar-refractivity contribution in [3.8, 4) is 0 Å². The molecule has 0 spiro atoms. The van der Waals surface area contributed by atoms with Gasteiger partial charge in [0.15, 0.2) is 0 Å². The van der Waals surface area contributed by atoms with E-state index in [0.29, 0.717) is 24.5 Å². The lowest BCUT2D eigenvalue weighted by atomic mass is 9.81. The molecule has 5 heteroatoms. The van der Waals surface area contributed by atoms with Crippen molar-refractivity contribution < 1.29 is 9.90 Å². The van der Waals surface area contributed by atoms with Gasteiger partial charge in [-0.2, -0.15) is 4.98 Å². The number of hydrogen-bond donors (Lipinski definition) is 1. The lowest BCUT2D eigenvalue weighted by Gasteiger charge is -2.36. The summed E-state index contributed by atoms with van der Waals surface area (Å²) >= 11 is 0. The van der Waals surface area contributed by atoms with Crippen molar-refractivity contribution in [3.05, 3.63) is 27.4 Å². The molecule has 0 saturated heterocycles. The smallest absolute Gasteiger partial charge is 0.348 e. The van der Waals surface area contributed by atoms with E-state index in [9.17, 15) is 9.59 Å². The van der Waals surface area contributed by atoms with Crippen LogP contribution in [0.25, 0.3) is 0 Å². The summed E-state index contributed by atoms with van der Waals surface area (Å²) in [6.45, 7) is 6.04. The van der Waals surface area contributed by atoms with E-state index >= 15 is 0 Å². The molecule has 1 aliphatic rings. The molecule has 1 aromatic rings. The number of aromatic nitrogens is 2. The fraction of sp³-hybridized carbons (Fsp3) is 0.667. The molecule has 0 atom stereocenters. The molecule has 5 nitrogen and oxygen atoms in total. The van der Waals surface area contributed by atoms with Crippen LogP contribution in [0.3, 0.4) is 0 Å². The Morgan fingerprint density at radius 3 is 2.45 bits per heavy atom. The van der Waals surface area contributed by atoms with Crippen LogP contribution in [-0.4, -0.2) is 20.6 Å². The molecule has 1 N–H and O–H groups in total. The van der Waals surface area contributed by atoms with E-state index in [-0.39, 0.29) is 18.2 Å². The third kappa shape index (κ3) is 2.62. The van der Waals surface area contributed by atoms with Crippen LogP contribution in [0.2, 0.25) is 0 Å². The van der Waals surface area contributed by atoms with E-state index in [4.69, 9.17) is 5.11 Å². The molecule has 0 unspecified atom stereocenters. The monoisotopic (exact) mass is 278 g/mol. The van der Waals surface area contributed by atoms with E-state index in [1.807, 2.05) is 13.8 Å².